The SMILES string of the molecule is CCc1cc(C(=N)c2cc(NC3CCCc4cc(C#N)ccc43)ccc2N)ccn1. The molecule has 0 amide bonds. The van der Waals surface area contributed by atoms with E-state index < -0.39 is 0 Å². The summed E-state index contributed by atoms with van der Waals surface area (Å²) in [6, 6.07) is 17.9. The van der Waals surface area contributed by atoms with Crippen LogP contribution in [-0.2, 0) is 12.8 Å². The Kier molecular flexibility index (Phi) is 5.49. The van der Waals surface area contributed by atoms with Crippen molar-refractivity contribution in [2.45, 2.75) is 38.6 Å². The lowest BCUT2D eigenvalue weighted by molar-refractivity contribution is 0.600. The number of anilines is 2. The number of nitrogens with two attached hydrogens (primary N) is 1. The maximum absolute atomic E-state index is 9.17. The molecule has 30 heavy (non-hydrogen) atoms. The van der Waals surface area contributed by atoms with Gasteiger partial charge in [0.2, 0.25) is 0 Å². The van der Waals surface area contributed by atoms with Gasteiger partial charge in [-0.2, -0.15) is 5.26 Å². The molecule has 150 valence electrons. The van der Waals surface area contributed by atoms with Gasteiger partial charge in [-0.15, -0.1) is 0 Å². The average molecular weight is 396 g/mol. The summed E-state index contributed by atoms with van der Waals surface area (Å²) in [5, 5.41) is 21.5. The molecule has 0 saturated carbocycles. The van der Waals surface area contributed by atoms with Crippen molar-refractivity contribution in [1.29, 1.82) is 10.7 Å². The molecule has 1 aliphatic carbocycles. The number of hydrogen-bond donors (Lipinski definition) is 3. The lowest BCUT2D eigenvalue weighted by atomic mass is 9.86. The fourth-order valence-corrected chi connectivity index (χ4v) is 4.08. The second-order valence-electron chi connectivity index (χ2n) is 7.68. The van der Waals surface area contributed by atoms with Crippen molar-refractivity contribution >= 4 is 17.1 Å². The van der Waals surface area contributed by atoms with Gasteiger partial charge in [-0.05, 0) is 79.3 Å². The van der Waals surface area contributed by atoms with Gasteiger partial charge >= 0.3 is 0 Å². The summed E-state index contributed by atoms with van der Waals surface area (Å²) >= 11 is 0. The third kappa shape index (κ3) is 3.90. The van der Waals surface area contributed by atoms with Gasteiger partial charge in [-0.3, -0.25) is 10.4 Å². The lowest BCUT2D eigenvalue weighted by Crippen LogP contribution is -2.18. The zero-order chi connectivity index (χ0) is 21.1. The minimum absolute atomic E-state index is 0.180. The van der Waals surface area contributed by atoms with Gasteiger partial charge < -0.3 is 11.1 Å². The van der Waals surface area contributed by atoms with Crippen LogP contribution in [0.5, 0.6) is 0 Å². The summed E-state index contributed by atoms with van der Waals surface area (Å²) < 4.78 is 0. The number of nitrogens with one attached hydrogen (secondary N) is 2. The Morgan fingerprint density at radius 3 is 2.90 bits per heavy atom. The maximum Gasteiger partial charge on any atom is 0.0991 e. The molecule has 1 aromatic heterocycles. The Hall–Kier alpha value is -3.65. The van der Waals surface area contributed by atoms with Crippen LogP contribution in [0.15, 0.2) is 54.7 Å². The molecule has 1 atom stereocenters. The highest BCUT2D eigenvalue weighted by Gasteiger charge is 2.21. The van der Waals surface area contributed by atoms with Crippen molar-refractivity contribution in [3.8, 4) is 6.07 Å². The molecule has 0 fully saturated rings. The van der Waals surface area contributed by atoms with Gasteiger partial charge in [0, 0.05) is 34.4 Å². The van der Waals surface area contributed by atoms with Crippen LogP contribution in [-0.4, -0.2) is 10.7 Å². The van der Waals surface area contributed by atoms with Gasteiger partial charge in [0.05, 0.1) is 23.4 Å². The molecule has 4 rings (SSSR count). The highest BCUT2D eigenvalue weighted by Crippen LogP contribution is 2.34. The molecular weight excluding hydrogens is 370 g/mol. The molecular formula is C25H25N5. The van der Waals surface area contributed by atoms with Gasteiger partial charge in [0.25, 0.3) is 0 Å². The predicted octanol–water partition coefficient (Wildman–Crippen LogP) is 5.00. The van der Waals surface area contributed by atoms with E-state index in [9.17, 15) is 5.26 Å². The van der Waals surface area contributed by atoms with Crippen LogP contribution in [0.4, 0.5) is 11.4 Å². The van der Waals surface area contributed by atoms with Gasteiger partial charge in [0.1, 0.15) is 0 Å². The Balaban J connectivity index is 1.62. The Bertz CT molecular complexity index is 1140. The molecule has 0 aliphatic heterocycles. The van der Waals surface area contributed by atoms with Crippen molar-refractivity contribution in [3.63, 3.8) is 0 Å². The van der Waals surface area contributed by atoms with Crippen LogP contribution in [0.2, 0.25) is 0 Å². The zero-order valence-electron chi connectivity index (χ0n) is 17.1. The lowest BCUT2D eigenvalue weighted by Gasteiger charge is -2.27. The Morgan fingerprint density at radius 2 is 2.10 bits per heavy atom. The zero-order valence-corrected chi connectivity index (χ0v) is 17.1. The van der Waals surface area contributed by atoms with E-state index in [0.717, 1.165) is 42.6 Å². The highest BCUT2D eigenvalue weighted by molar-refractivity contribution is 6.14. The number of benzene rings is 2. The van der Waals surface area contributed by atoms with Gasteiger partial charge in [-0.25, -0.2) is 0 Å². The van der Waals surface area contributed by atoms with Gasteiger partial charge in [-0.1, -0.05) is 13.0 Å². The molecule has 0 radical (unpaired) electrons. The monoisotopic (exact) mass is 395 g/mol. The minimum atomic E-state index is 0.180. The number of pyridine rings is 1. The summed E-state index contributed by atoms with van der Waals surface area (Å²) in [6.45, 7) is 2.05. The molecule has 4 N–H and O–H groups in total. The molecule has 0 saturated heterocycles. The number of nitriles is 1. The van der Waals surface area contributed by atoms with E-state index in [1.165, 1.54) is 11.1 Å². The van der Waals surface area contributed by atoms with E-state index in [0.29, 0.717) is 22.5 Å². The van der Waals surface area contributed by atoms with Crippen molar-refractivity contribution in [1.82, 2.24) is 4.98 Å². The smallest absolute Gasteiger partial charge is 0.0991 e. The van der Waals surface area contributed by atoms with Crippen LogP contribution in [0.1, 0.15) is 59.3 Å². The molecule has 5 heteroatoms. The summed E-state index contributed by atoms with van der Waals surface area (Å²) in [6.07, 6.45) is 5.68. The summed E-state index contributed by atoms with van der Waals surface area (Å²) in [7, 11) is 0. The molecule has 3 aromatic rings. The fraction of sp³-hybridized carbons (Fsp3) is 0.240. The van der Waals surface area contributed by atoms with Crippen molar-refractivity contribution in [2.75, 3.05) is 11.1 Å². The van der Waals surface area contributed by atoms with Crippen molar-refractivity contribution in [3.05, 3.63) is 88.2 Å². The highest BCUT2D eigenvalue weighted by atomic mass is 14.9. The summed E-state index contributed by atoms with van der Waals surface area (Å²) in [5.41, 5.74) is 13.8. The first-order valence-corrected chi connectivity index (χ1v) is 10.3. The molecule has 1 heterocycles. The number of nitrogens with zero attached hydrogens (tertiary/aromatic N) is 2. The average Bonchev–Trinajstić information content (AvgIpc) is 2.79. The molecule has 5 nitrogen and oxygen atoms in total. The number of aryl methyl sites for hydroxylation is 2. The van der Waals surface area contributed by atoms with Crippen LogP contribution in [0, 0.1) is 16.7 Å². The summed E-state index contributed by atoms with van der Waals surface area (Å²) in [4.78, 5) is 4.32. The molecule has 1 unspecified atom stereocenters. The number of rotatable bonds is 5. The molecule has 2 aromatic carbocycles. The van der Waals surface area contributed by atoms with E-state index in [2.05, 4.69) is 29.4 Å². The number of aromatic nitrogens is 1. The molecule has 0 bridgehead atoms. The Morgan fingerprint density at radius 1 is 1.23 bits per heavy atom. The van der Waals surface area contributed by atoms with Crippen LogP contribution in [0.3, 0.4) is 0 Å². The van der Waals surface area contributed by atoms with Crippen molar-refractivity contribution in [2.24, 2.45) is 0 Å². The summed E-state index contributed by atoms with van der Waals surface area (Å²) in [5.74, 6) is 0. The number of hydrogen-bond acceptors (Lipinski definition) is 5. The third-order valence-electron chi connectivity index (χ3n) is 5.72. The van der Waals surface area contributed by atoms with E-state index in [-0.39, 0.29) is 6.04 Å². The Labute approximate surface area is 177 Å². The van der Waals surface area contributed by atoms with Gasteiger partial charge in [0.15, 0.2) is 0 Å². The fourth-order valence-electron chi connectivity index (χ4n) is 4.08. The van der Waals surface area contributed by atoms with E-state index in [1.54, 1.807) is 6.20 Å². The third-order valence-corrected chi connectivity index (χ3v) is 5.72. The molecule has 0 spiro atoms. The largest absolute Gasteiger partial charge is 0.398 e. The second kappa shape index (κ2) is 8.38. The van der Waals surface area contributed by atoms with Crippen molar-refractivity contribution < 1.29 is 0 Å². The normalized spacial score (nSPS) is 15.1. The quantitative estimate of drug-likeness (QED) is 0.418. The van der Waals surface area contributed by atoms with E-state index in [4.69, 9.17) is 11.1 Å². The standard InChI is InChI=1S/C25H25N5/c1-2-19-13-18(10-11-29-19)25(28)22-14-20(7-9-23(22)27)30-24-5-3-4-17-12-16(15-26)6-8-21(17)24/h6-14,24,28,30H,2-5,27H2,1H3. The predicted molar refractivity (Wildman–Crippen MR) is 121 cm³/mol. The maximum atomic E-state index is 9.17. The minimum Gasteiger partial charge on any atom is -0.398 e. The van der Waals surface area contributed by atoms with Crippen LogP contribution < -0.4 is 11.1 Å². The van der Waals surface area contributed by atoms with E-state index >= 15 is 0 Å². The first-order valence-electron chi connectivity index (χ1n) is 10.3. The number of fused-ring (bicyclic) bond motifs is 1. The van der Waals surface area contributed by atoms with E-state index in [1.807, 2.05) is 42.5 Å². The molecule has 1 aliphatic rings. The second-order valence-corrected chi connectivity index (χ2v) is 7.68. The first kappa shape index (κ1) is 19.7. The first-order chi connectivity index (χ1) is 14.6. The van der Waals surface area contributed by atoms with Crippen LogP contribution >= 0.6 is 0 Å². The number of nitrogen functional groups attached to an aromatic ring is 1. The topological polar surface area (TPSA) is 98.6 Å². The van der Waals surface area contributed by atoms with Crippen LogP contribution in [0.25, 0.3) is 0 Å².